The van der Waals surface area contributed by atoms with Crippen LogP contribution in [0.25, 0.3) is 0 Å². The number of nitriles is 1. The molecule has 0 aliphatic carbocycles. The molecule has 1 N–H and O–H groups in total. The molecular weight excluding hydrogens is 251 g/mol. The number of likely N-dealkylation sites (tertiary alicyclic amines) is 1. The van der Waals surface area contributed by atoms with Crippen molar-refractivity contribution in [3.8, 4) is 11.8 Å². The first kappa shape index (κ1) is 13.1. The summed E-state index contributed by atoms with van der Waals surface area (Å²) in [6, 6.07) is 8.46. The molecule has 1 fully saturated rings. The second kappa shape index (κ2) is 5.57. The van der Waals surface area contributed by atoms with Gasteiger partial charge in [-0.2, -0.15) is 5.26 Å². The average molecular weight is 264 g/mol. The van der Waals surface area contributed by atoms with Crippen molar-refractivity contribution in [3.63, 3.8) is 0 Å². The highest BCUT2D eigenvalue weighted by molar-refractivity contribution is 5.65. The number of carbonyl (C=O) groups is 1. The summed E-state index contributed by atoms with van der Waals surface area (Å²) >= 11 is 0. The molecule has 19 heavy (non-hydrogen) atoms. The van der Waals surface area contributed by atoms with Gasteiger partial charge in [0.25, 0.3) is 0 Å². The molecule has 0 saturated carbocycles. The van der Waals surface area contributed by atoms with Gasteiger partial charge in [-0.25, -0.2) is 9.18 Å². The third kappa shape index (κ3) is 3.13. The molecule has 1 aliphatic heterocycles. The second-order valence-corrected chi connectivity index (χ2v) is 4.33. The Morgan fingerprint density at radius 1 is 1.58 bits per heavy atom. The molecule has 2 rings (SSSR count). The van der Waals surface area contributed by atoms with Gasteiger partial charge in [-0.15, -0.1) is 0 Å². The van der Waals surface area contributed by atoms with Crippen molar-refractivity contribution >= 4 is 6.09 Å². The Hall–Kier alpha value is -2.29. The average Bonchev–Trinajstić information content (AvgIpc) is 2.41. The maximum Gasteiger partial charge on any atom is 0.407 e. The number of alkyl halides is 1. The number of ether oxygens (including phenoxy) is 1. The summed E-state index contributed by atoms with van der Waals surface area (Å²) in [6.45, 7) is 0.0658. The van der Waals surface area contributed by atoms with Crippen LogP contribution in [0.3, 0.4) is 0 Å². The van der Waals surface area contributed by atoms with E-state index in [4.69, 9.17) is 15.1 Å². The van der Waals surface area contributed by atoms with Crippen molar-refractivity contribution in [3.05, 3.63) is 29.8 Å². The number of nitrogens with zero attached hydrogens (tertiary/aromatic N) is 2. The summed E-state index contributed by atoms with van der Waals surface area (Å²) in [5.74, 6) is 0.426. The SMILES string of the molecule is N#Cc1cccc(OC2CCN(C(=O)O)CC2F)c1. The van der Waals surface area contributed by atoms with Crippen LogP contribution in [0.15, 0.2) is 24.3 Å². The minimum absolute atomic E-state index is 0.183. The number of amides is 1. The molecule has 0 spiro atoms. The van der Waals surface area contributed by atoms with Gasteiger partial charge in [0.15, 0.2) is 6.17 Å². The van der Waals surface area contributed by atoms with E-state index in [1.54, 1.807) is 18.2 Å². The number of hydrogen-bond acceptors (Lipinski definition) is 3. The lowest BCUT2D eigenvalue weighted by Gasteiger charge is -2.33. The van der Waals surface area contributed by atoms with E-state index in [1.807, 2.05) is 6.07 Å². The third-order valence-corrected chi connectivity index (χ3v) is 3.00. The maximum absolute atomic E-state index is 13.8. The highest BCUT2D eigenvalue weighted by Gasteiger charge is 2.32. The van der Waals surface area contributed by atoms with Gasteiger partial charge in [0.05, 0.1) is 18.2 Å². The molecular formula is C13H13FN2O3. The zero-order valence-corrected chi connectivity index (χ0v) is 10.1. The Morgan fingerprint density at radius 3 is 3.00 bits per heavy atom. The Labute approximate surface area is 109 Å². The molecule has 1 amide bonds. The van der Waals surface area contributed by atoms with Crippen molar-refractivity contribution in [1.82, 2.24) is 4.90 Å². The van der Waals surface area contributed by atoms with E-state index in [0.29, 0.717) is 17.7 Å². The summed E-state index contributed by atoms with van der Waals surface area (Å²) in [7, 11) is 0. The first-order chi connectivity index (χ1) is 9.10. The molecule has 1 aromatic carbocycles. The maximum atomic E-state index is 13.8. The highest BCUT2D eigenvalue weighted by Crippen LogP contribution is 2.22. The predicted molar refractivity (Wildman–Crippen MR) is 64.7 cm³/mol. The molecule has 1 heterocycles. The molecule has 1 aliphatic rings. The molecule has 0 bridgehead atoms. The number of hydrogen-bond donors (Lipinski definition) is 1. The van der Waals surface area contributed by atoms with Gasteiger partial charge in [0.2, 0.25) is 0 Å². The molecule has 0 radical (unpaired) electrons. The van der Waals surface area contributed by atoms with Crippen LogP contribution >= 0.6 is 0 Å². The summed E-state index contributed by atoms with van der Waals surface area (Å²) in [4.78, 5) is 11.8. The Kier molecular flexibility index (Phi) is 3.85. The normalized spacial score (nSPS) is 22.6. The van der Waals surface area contributed by atoms with Crippen LogP contribution in [0.5, 0.6) is 5.75 Å². The fraction of sp³-hybridized carbons (Fsp3) is 0.385. The van der Waals surface area contributed by atoms with Crippen LogP contribution in [0.2, 0.25) is 0 Å². The van der Waals surface area contributed by atoms with Crippen LogP contribution in [0.1, 0.15) is 12.0 Å². The molecule has 6 heteroatoms. The molecule has 5 nitrogen and oxygen atoms in total. The third-order valence-electron chi connectivity index (χ3n) is 3.00. The topological polar surface area (TPSA) is 73.6 Å². The zero-order chi connectivity index (χ0) is 13.8. The highest BCUT2D eigenvalue weighted by atomic mass is 19.1. The van der Waals surface area contributed by atoms with Gasteiger partial charge in [0.1, 0.15) is 11.9 Å². The fourth-order valence-corrected chi connectivity index (χ4v) is 2.00. The molecule has 0 aromatic heterocycles. The number of benzene rings is 1. The van der Waals surface area contributed by atoms with Gasteiger partial charge < -0.3 is 14.7 Å². The first-order valence-electron chi connectivity index (χ1n) is 5.89. The zero-order valence-electron chi connectivity index (χ0n) is 10.1. The summed E-state index contributed by atoms with van der Waals surface area (Å²) < 4.78 is 19.3. The van der Waals surface area contributed by atoms with E-state index >= 15 is 0 Å². The standard InChI is InChI=1S/C13H13FN2O3/c14-11-8-16(13(17)18)5-4-12(11)19-10-3-1-2-9(6-10)7-15/h1-3,6,11-12H,4-5,8H2,(H,17,18). The Bertz CT molecular complexity index is 515. The minimum Gasteiger partial charge on any atom is -0.487 e. The molecule has 1 aromatic rings. The fourth-order valence-electron chi connectivity index (χ4n) is 2.00. The summed E-state index contributed by atoms with van der Waals surface area (Å²) in [6.07, 6.45) is -2.86. The van der Waals surface area contributed by atoms with Gasteiger partial charge in [-0.1, -0.05) is 6.07 Å². The van der Waals surface area contributed by atoms with Gasteiger partial charge >= 0.3 is 6.09 Å². The van der Waals surface area contributed by atoms with E-state index in [0.717, 1.165) is 4.90 Å². The van der Waals surface area contributed by atoms with E-state index in [9.17, 15) is 9.18 Å². The largest absolute Gasteiger partial charge is 0.487 e. The Balaban J connectivity index is 2.00. The monoisotopic (exact) mass is 264 g/mol. The smallest absolute Gasteiger partial charge is 0.407 e. The van der Waals surface area contributed by atoms with E-state index in [2.05, 4.69) is 0 Å². The second-order valence-electron chi connectivity index (χ2n) is 4.33. The summed E-state index contributed by atoms with van der Waals surface area (Å²) in [5, 5.41) is 17.5. The van der Waals surface area contributed by atoms with Crippen LogP contribution in [0.4, 0.5) is 9.18 Å². The lowest BCUT2D eigenvalue weighted by atomic mass is 10.1. The Morgan fingerprint density at radius 2 is 2.37 bits per heavy atom. The van der Waals surface area contributed by atoms with E-state index in [1.165, 1.54) is 6.07 Å². The van der Waals surface area contributed by atoms with Crippen LogP contribution in [0, 0.1) is 11.3 Å². The summed E-state index contributed by atoms with van der Waals surface area (Å²) in [5.41, 5.74) is 0.441. The van der Waals surface area contributed by atoms with E-state index < -0.39 is 18.4 Å². The number of halogens is 1. The molecule has 2 unspecified atom stereocenters. The number of piperidine rings is 1. The van der Waals surface area contributed by atoms with E-state index in [-0.39, 0.29) is 13.1 Å². The van der Waals surface area contributed by atoms with Crippen LogP contribution in [-0.2, 0) is 0 Å². The quantitative estimate of drug-likeness (QED) is 0.886. The predicted octanol–water partition coefficient (Wildman–Crippen LogP) is 2.03. The lowest BCUT2D eigenvalue weighted by Crippen LogP contribution is -2.48. The van der Waals surface area contributed by atoms with Crippen molar-refractivity contribution in [2.75, 3.05) is 13.1 Å². The minimum atomic E-state index is -1.37. The van der Waals surface area contributed by atoms with Crippen molar-refractivity contribution in [2.45, 2.75) is 18.7 Å². The number of rotatable bonds is 2. The molecule has 2 atom stereocenters. The van der Waals surface area contributed by atoms with Crippen molar-refractivity contribution in [2.24, 2.45) is 0 Å². The van der Waals surface area contributed by atoms with Crippen molar-refractivity contribution < 1.29 is 19.0 Å². The van der Waals surface area contributed by atoms with Gasteiger partial charge in [-0.05, 0) is 18.2 Å². The van der Waals surface area contributed by atoms with Gasteiger partial charge in [0, 0.05) is 13.0 Å². The van der Waals surface area contributed by atoms with Crippen molar-refractivity contribution in [1.29, 1.82) is 5.26 Å². The van der Waals surface area contributed by atoms with Crippen LogP contribution < -0.4 is 4.74 Å². The van der Waals surface area contributed by atoms with Gasteiger partial charge in [-0.3, -0.25) is 0 Å². The van der Waals surface area contributed by atoms with Crippen LogP contribution in [-0.4, -0.2) is 41.5 Å². The number of carboxylic acid groups (broad SMARTS) is 1. The molecule has 100 valence electrons. The lowest BCUT2D eigenvalue weighted by molar-refractivity contribution is 0.0249. The molecule has 1 saturated heterocycles. The first-order valence-corrected chi connectivity index (χ1v) is 5.89.